The first-order chi connectivity index (χ1) is 13.9. The Bertz CT molecular complexity index is 1140. The van der Waals surface area contributed by atoms with Gasteiger partial charge in [0.05, 0.1) is 24.2 Å². The molecule has 9 heteroatoms. The SMILES string of the molecule is O=C1CNCC2=C1C(c1ccc(-c3cccc(C(F)(F)F)c3)o1)c1cn[nH]c1N2. The van der Waals surface area contributed by atoms with E-state index in [2.05, 4.69) is 20.8 Å². The molecule has 1 aromatic carbocycles. The van der Waals surface area contributed by atoms with Gasteiger partial charge in [0.15, 0.2) is 5.78 Å². The topological polar surface area (TPSA) is 83.0 Å². The smallest absolute Gasteiger partial charge is 0.416 e. The predicted octanol–water partition coefficient (Wildman–Crippen LogP) is 3.67. The highest BCUT2D eigenvalue weighted by atomic mass is 19.4. The minimum absolute atomic E-state index is 0.0624. The van der Waals surface area contributed by atoms with Crippen molar-refractivity contribution in [2.75, 3.05) is 18.4 Å². The molecular weight excluding hydrogens is 385 g/mol. The van der Waals surface area contributed by atoms with Gasteiger partial charge in [0.1, 0.15) is 17.3 Å². The zero-order valence-electron chi connectivity index (χ0n) is 14.9. The highest BCUT2D eigenvalue weighted by Gasteiger charge is 2.38. The zero-order valence-corrected chi connectivity index (χ0v) is 14.9. The number of alkyl halides is 3. The summed E-state index contributed by atoms with van der Waals surface area (Å²) in [6.07, 6.45) is -2.81. The number of fused-ring (bicyclic) bond motifs is 1. The van der Waals surface area contributed by atoms with Crippen molar-refractivity contribution < 1.29 is 22.4 Å². The molecule has 0 saturated carbocycles. The number of nitrogens with zero attached hydrogens (tertiary/aromatic N) is 1. The Kier molecular flexibility index (Phi) is 3.88. The van der Waals surface area contributed by atoms with Crippen LogP contribution in [0.15, 0.2) is 58.3 Å². The second kappa shape index (κ2) is 6.35. The van der Waals surface area contributed by atoms with Crippen molar-refractivity contribution in [2.45, 2.75) is 12.1 Å². The van der Waals surface area contributed by atoms with Crippen LogP contribution >= 0.6 is 0 Å². The number of rotatable bonds is 2. The van der Waals surface area contributed by atoms with E-state index in [4.69, 9.17) is 4.42 Å². The van der Waals surface area contributed by atoms with Crippen molar-refractivity contribution in [2.24, 2.45) is 0 Å². The summed E-state index contributed by atoms with van der Waals surface area (Å²) in [5.74, 6) is 0.909. The van der Waals surface area contributed by atoms with Crippen molar-refractivity contribution in [3.8, 4) is 11.3 Å². The highest BCUT2D eigenvalue weighted by molar-refractivity contribution is 6.02. The van der Waals surface area contributed by atoms with E-state index >= 15 is 0 Å². The van der Waals surface area contributed by atoms with Gasteiger partial charge in [-0.2, -0.15) is 18.3 Å². The fourth-order valence-electron chi connectivity index (χ4n) is 3.83. The monoisotopic (exact) mass is 400 g/mol. The molecule has 148 valence electrons. The van der Waals surface area contributed by atoms with E-state index in [1.807, 2.05) is 0 Å². The molecule has 2 aromatic heterocycles. The van der Waals surface area contributed by atoms with Gasteiger partial charge in [0.2, 0.25) is 0 Å². The molecule has 2 aliphatic rings. The van der Waals surface area contributed by atoms with E-state index in [9.17, 15) is 18.0 Å². The maximum atomic E-state index is 13.0. The molecule has 0 amide bonds. The first-order valence-electron chi connectivity index (χ1n) is 8.96. The molecule has 1 unspecified atom stereocenters. The first kappa shape index (κ1) is 17.7. The van der Waals surface area contributed by atoms with E-state index in [0.717, 1.165) is 23.4 Å². The van der Waals surface area contributed by atoms with E-state index < -0.39 is 17.7 Å². The molecule has 5 rings (SSSR count). The largest absolute Gasteiger partial charge is 0.460 e. The van der Waals surface area contributed by atoms with Crippen molar-refractivity contribution in [3.05, 3.63) is 70.8 Å². The lowest BCUT2D eigenvalue weighted by Crippen LogP contribution is -2.39. The number of carbonyl (C=O) groups excluding carboxylic acids is 1. The van der Waals surface area contributed by atoms with Gasteiger partial charge in [-0.05, 0) is 24.3 Å². The van der Waals surface area contributed by atoms with Gasteiger partial charge in [-0.1, -0.05) is 12.1 Å². The van der Waals surface area contributed by atoms with Crippen LogP contribution in [0.5, 0.6) is 0 Å². The maximum Gasteiger partial charge on any atom is 0.416 e. The molecule has 6 nitrogen and oxygen atoms in total. The Hall–Kier alpha value is -3.33. The Balaban J connectivity index is 1.58. The minimum Gasteiger partial charge on any atom is -0.460 e. The number of H-pyrrole nitrogens is 1. The van der Waals surface area contributed by atoms with Crippen molar-refractivity contribution in [1.82, 2.24) is 15.5 Å². The number of carbonyl (C=O) groups is 1. The normalized spacial score (nSPS) is 19.0. The fraction of sp³-hybridized carbons (Fsp3) is 0.200. The first-order valence-corrected chi connectivity index (χ1v) is 8.96. The van der Waals surface area contributed by atoms with Gasteiger partial charge in [0.25, 0.3) is 0 Å². The number of anilines is 1. The Morgan fingerprint density at radius 2 is 2.00 bits per heavy atom. The molecule has 0 spiro atoms. The summed E-state index contributed by atoms with van der Waals surface area (Å²) >= 11 is 0. The van der Waals surface area contributed by atoms with Crippen molar-refractivity contribution in [1.29, 1.82) is 0 Å². The van der Waals surface area contributed by atoms with Gasteiger partial charge >= 0.3 is 6.18 Å². The summed E-state index contributed by atoms with van der Waals surface area (Å²) in [5, 5.41) is 13.1. The second-order valence-electron chi connectivity index (χ2n) is 6.96. The molecule has 4 heterocycles. The van der Waals surface area contributed by atoms with Crippen LogP contribution < -0.4 is 10.6 Å². The molecule has 29 heavy (non-hydrogen) atoms. The van der Waals surface area contributed by atoms with Crippen LogP contribution in [0.1, 0.15) is 22.8 Å². The van der Waals surface area contributed by atoms with Gasteiger partial charge < -0.3 is 15.1 Å². The van der Waals surface area contributed by atoms with Gasteiger partial charge in [-0.3, -0.25) is 9.89 Å². The molecule has 0 saturated heterocycles. The Labute approximate surface area is 162 Å². The number of Topliss-reactive ketones (excluding diaryl/α,β-unsaturated/α-hetero) is 1. The minimum atomic E-state index is -4.44. The number of hydrogen-bond acceptors (Lipinski definition) is 5. The van der Waals surface area contributed by atoms with Crippen molar-refractivity contribution >= 4 is 11.6 Å². The molecule has 3 N–H and O–H groups in total. The maximum absolute atomic E-state index is 13.0. The van der Waals surface area contributed by atoms with Crippen LogP contribution in [0.4, 0.5) is 19.0 Å². The second-order valence-corrected chi connectivity index (χ2v) is 6.96. The van der Waals surface area contributed by atoms with Crippen LogP contribution in [0, 0.1) is 0 Å². The van der Waals surface area contributed by atoms with Crippen molar-refractivity contribution in [3.63, 3.8) is 0 Å². The lowest BCUT2D eigenvalue weighted by atomic mass is 9.82. The molecule has 0 aliphatic carbocycles. The van der Waals surface area contributed by atoms with E-state index in [1.165, 1.54) is 6.07 Å². The predicted molar refractivity (Wildman–Crippen MR) is 98.1 cm³/mol. The standard InChI is InChI=1S/C20H15F3N4O2/c21-20(22,23)11-3-1-2-10(6-11)15-4-5-16(29-15)17-12-7-25-27-19(12)26-13-8-24-9-14(28)18(13)17/h1-7,17,24H,8-9H2,(H2,25,26,27). The number of nitrogens with one attached hydrogen (secondary N) is 3. The summed E-state index contributed by atoms with van der Waals surface area (Å²) in [7, 11) is 0. The Morgan fingerprint density at radius 1 is 1.14 bits per heavy atom. The third-order valence-electron chi connectivity index (χ3n) is 5.14. The lowest BCUT2D eigenvalue weighted by molar-refractivity contribution is -0.137. The third-order valence-corrected chi connectivity index (χ3v) is 5.14. The average Bonchev–Trinajstić information content (AvgIpc) is 3.35. The van der Waals surface area contributed by atoms with Gasteiger partial charge in [-0.25, -0.2) is 0 Å². The molecule has 1 atom stereocenters. The van der Waals surface area contributed by atoms with Crippen LogP contribution in [-0.2, 0) is 11.0 Å². The van der Waals surface area contributed by atoms with Crippen LogP contribution in [0.25, 0.3) is 11.3 Å². The Morgan fingerprint density at radius 3 is 2.83 bits per heavy atom. The number of aromatic nitrogens is 2. The number of furan rings is 1. The quantitative estimate of drug-likeness (QED) is 0.611. The molecule has 0 bridgehead atoms. The zero-order chi connectivity index (χ0) is 20.2. The van der Waals surface area contributed by atoms with Crippen LogP contribution in [0.2, 0.25) is 0 Å². The van der Waals surface area contributed by atoms with Crippen LogP contribution in [0.3, 0.4) is 0 Å². The van der Waals surface area contributed by atoms with Gasteiger partial charge in [-0.15, -0.1) is 0 Å². The summed E-state index contributed by atoms with van der Waals surface area (Å²) in [6, 6.07) is 8.29. The number of halogens is 3. The van der Waals surface area contributed by atoms with Gasteiger partial charge in [0, 0.05) is 28.9 Å². The molecule has 2 aliphatic heterocycles. The number of ketones is 1. The summed E-state index contributed by atoms with van der Waals surface area (Å²) in [5.41, 5.74) is 1.65. The molecular formula is C20H15F3N4O2. The van der Waals surface area contributed by atoms with E-state index in [-0.39, 0.29) is 12.3 Å². The van der Waals surface area contributed by atoms with E-state index in [1.54, 1.807) is 24.4 Å². The summed E-state index contributed by atoms with van der Waals surface area (Å²) < 4.78 is 45.1. The van der Waals surface area contributed by atoms with Crippen LogP contribution in [-0.4, -0.2) is 29.1 Å². The molecule has 3 aromatic rings. The number of benzene rings is 1. The lowest BCUT2D eigenvalue weighted by Gasteiger charge is -2.30. The fourth-order valence-corrected chi connectivity index (χ4v) is 3.83. The van der Waals surface area contributed by atoms with E-state index in [0.29, 0.717) is 35.0 Å². The molecule has 0 fully saturated rings. The summed E-state index contributed by atoms with van der Waals surface area (Å²) in [4.78, 5) is 12.6. The average molecular weight is 400 g/mol. The number of hydrogen-bond donors (Lipinski definition) is 3. The highest BCUT2D eigenvalue weighted by Crippen LogP contribution is 2.43. The molecule has 0 radical (unpaired) electrons. The number of aromatic amines is 1. The third kappa shape index (κ3) is 2.94. The summed E-state index contributed by atoms with van der Waals surface area (Å²) in [6.45, 7) is 0.711.